The Morgan fingerprint density at radius 2 is 2.23 bits per heavy atom. The van der Waals surface area contributed by atoms with Crippen molar-refractivity contribution in [1.29, 1.82) is 0 Å². The molecular formula is C18H26N2O5S. The van der Waals surface area contributed by atoms with Gasteiger partial charge in [0.25, 0.3) is 0 Å². The Morgan fingerprint density at radius 3 is 2.88 bits per heavy atom. The fourth-order valence-electron chi connectivity index (χ4n) is 3.69. The fourth-order valence-corrected chi connectivity index (χ4v) is 5.66. The third-order valence-electron chi connectivity index (χ3n) is 4.94. The van der Waals surface area contributed by atoms with Gasteiger partial charge in [-0.05, 0) is 56.9 Å². The average molecular weight is 382 g/mol. The molecule has 1 aromatic rings. The van der Waals surface area contributed by atoms with Crippen LogP contribution in [0.1, 0.15) is 31.7 Å². The van der Waals surface area contributed by atoms with Crippen LogP contribution in [0.3, 0.4) is 0 Å². The first-order valence-corrected chi connectivity index (χ1v) is 10.8. The van der Waals surface area contributed by atoms with Crippen molar-refractivity contribution in [2.75, 3.05) is 30.0 Å². The van der Waals surface area contributed by atoms with E-state index >= 15 is 0 Å². The number of nitrogens with one attached hydrogen (secondary N) is 2. The molecule has 0 aliphatic carbocycles. The molecule has 0 bridgehead atoms. The maximum atomic E-state index is 12.4. The number of hydrogen-bond acceptors (Lipinski definition) is 5. The molecule has 2 atom stereocenters. The summed E-state index contributed by atoms with van der Waals surface area (Å²) in [6.45, 7) is 4.88. The molecule has 7 nitrogen and oxygen atoms in total. The Morgan fingerprint density at radius 1 is 1.42 bits per heavy atom. The van der Waals surface area contributed by atoms with E-state index in [9.17, 15) is 13.2 Å². The fraction of sp³-hybridized carbons (Fsp3) is 0.611. The predicted molar refractivity (Wildman–Crippen MR) is 99.5 cm³/mol. The lowest BCUT2D eigenvalue weighted by molar-refractivity contribution is -0.0685. The second kappa shape index (κ2) is 7.44. The van der Waals surface area contributed by atoms with Crippen LogP contribution in [-0.2, 0) is 14.6 Å². The number of carbonyl (C=O) groups is 1. The first-order chi connectivity index (χ1) is 12.3. The molecule has 2 N–H and O–H groups in total. The summed E-state index contributed by atoms with van der Waals surface area (Å²) in [6, 6.07) is 5.13. The van der Waals surface area contributed by atoms with Gasteiger partial charge in [0.2, 0.25) is 0 Å². The summed E-state index contributed by atoms with van der Waals surface area (Å²) in [7, 11) is -3.03. The van der Waals surface area contributed by atoms with Crippen LogP contribution < -0.4 is 15.4 Å². The van der Waals surface area contributed by atoms with E-state index < -0.39 is 15.4 Å². The number of amides is 2. The van der Waals surface area contributed by atoms with Crippen molar-refractivity contribution in [2.24, 2.45) is 0 Å². The number of benzene rings is 1. The Hall–Kier alpha value is -1.80. The van der Waals surface area contributed by atoms with Crippen molar-refractivity contribution in [3.63, 3.8) is 0 Å². The molecule has 2 amide bonds. The molecule has 2 saturated heterocycles. The Kier molecular flexibility index (Phi) is 5.43. The Labute approximate surface area is 154 Å². The van der Waals surface area contributed by atoms with E-state index in [0.29, 0.717) is 32.5 Å². The highest BCUT2D eigenvalue weighted by Gasteiger charge is 2.46. The third-order valence-corrected chi connectivity index (χ3v) is 6.73. The molecule has 2 heterocycles. The van der Waals surface area contributed by atoms with Gasteiger partial charge < -0.3 is 20.1 Å². The zero-order chi connectivity index (χ0) is 18.8. The van der Waals surface area contributed by atoms with Crippen LogP contribution in [0.15, 0.2) is 18.2 Å². The molecule has 8 heteroatoms. The molecule has 144 valence electrons. The van der Waals surface area contributed by atoms with E-state index in [-0.39, 0.29) is 23.6 Å². The largest absolute Gasteiger partial charge is 0.494 e. The number of carbonyl (C=O) groups excluding carboxylic acids is 1. The van der Waals surface area contributed by atoms with Gasteiger partial charge in [0.15, 0.2) is 9.84 Å². The zero-order valence-electron chi connectivity index (χ0n) is 15.2. The molecule has 2 fully saturated rings. The summed E-state index contributed by atoms with van der Waals surface area (Å²) in [6.07, 6.45) is 1.71. The maximum Gasteiger partial charge on any atom is 0.319 e. The highest BCUT2D eigenvalue weighted by molar-refractivity contribution is 7.91. The Bertz CT molecular complexity index is 780. The van der Waals surface area contributed by atoms with Crippen LogP contribution in [0.4, 0.5) is 10.5 Å². The lowest BCUT2D eigenvalue weighted by Crippen LogP contribution is -2.50. The minimum absolute atomic E-state index is 0.0534. The molecule has 3 rings (SSSR count). The van der Waals surface area contributed by atoms with Crippen molar-refractivity contribution in [3.8, 4) is 5.75 Å². The number of ether oxygens (including phenoxy) is 2. The van der Waals surface area contributed by atoms with E-state index in [0.717, 1.165) is 17.0 Å². The Balaban J connectivity index is 1.58. The number of anilines is 1. The second-order valence-electron chi connectivity index (χ2n) is 7.07. The highest BCUT2D eigenvalue weighted by atomic mass is 32.2. The smallest absolute Gasteiger partial charge is 0.319 e. The second-order valence-corrected chi connectivity index (χ2v) is 9.26. The van der Waals surface area contributed by atoms with Crippen molar-refractivity contribution in [3.05, 3.63) is 23.8 Å². The number of urea groups is 1. The van der Waals surface area contributed by atoms with Gasteiger partial charge in [-0.1, -0.05) is 0 Å². The van der Waals surface area contributed by atoms with Crippen LogP contribution >= 0.6 is 0 Å². The number of sulfone groups is 1. The van der Waals surface area contributed by atoms with E-state index in [2.05, 4.69) is 10.6 Å². The van der Waals surface area contributed by atoms with Crippen molar-refractivity contribution in [1.82, 2.24) is 5.32 Å². The van der Waals surface area contributed by atoms with E-state index in [1.165, 1.54) is 0 Å². The predicted octanol–water partition coefficient (Wildman–Crippen LogP) is 2.25. The standard InChI is InChI=1S/C18H26N2O5S/c1-3-24-15-4-5-16(13(2)10-15)20-17(21)19-14-6-8-25-18(11-14)7-9-26(22,23)12-18/h4-5,10,14H,3,6-9,11-12H2,1-2H3,(H2,19,20,21). The highest BCUT2D eigenvalue weighted by Crippen LogP contribution is 2.35. The van der Waals surface area contributed by atoms with Crippen LogP contribution in [0.2, 0.25) is 0 Å². The molecule has 1 spiro atoms. The monoisotopic (exact) mass is 382 g/mol. The molecule has 2 aliphatic rings. The molecule has 26 heavy (non-hydrogen) atoms. The van der Waals surface area contributed by atoms with E-state index in [1.54, 1.807) is 0 Å². The van der Waals surface area contributed by atoms with Gasteiger partial charge in [-0.2, -0.15) is 0 Å². The summed E-state index contributed by atoms with van der Waals surface area (Å²) >= 11 is 0. The lowest BCUT2D eigenvalue weighted by atomic mass is 9.90. The first kappa shape index (κ1) is 19.0. The van der Waals surface area contributed by atoms with Crippen LogP contribution in [-0.4, -0.2) is 50.8 Å². The van der Waals surface area contributed by atoms with E-state index in [1.807, 2.05) is 32.0 Å². The summed E-state index contributed by atoms with van der Waals surface area (Å²) in [5.41, 5.74) is 0.997. The van der Waals surface area contributed by atoms with Gasteiger partial charge in [0, 0.05) is 18.3 Å². The lowest BCUT2D eigenvalue weighted by Gasteiger charge is -2.37. The van der Waals surface area contributed by atoms with Gasteiger partial charge >= 0.3 is 6.03 Å². The normalized spacial score (nSPS) is 27.2. The molecule has 2 aliphatic heterocycles. The molecule has 0 aromatic heterocycles. The molecule has 2 unspecified atom stereocenters. The van der Waals surface area contributed by atoms with Crippen LogP contribution in [0.25, 0.3) is 0 Å². The number of aryl methyl sites for hydroxylation is 1. The summed E-state index contributed by atoms with van der Waals surface area (Å²) in [5.74, 6) is 0.986. The summed E-state index contributed by atoms with van der Waals surface area (Å²) < 4.78 is 34.8. The SMILES string of the molecule is CCOc1ccc(NC(=O)NC2CCOC3(CCS(=O)(=O)C3)C2)c(C)c1. The minimum Gasteiger partial charge on any atom is -0.494 e. The molecule has 0 saturated carbocycles. The summed E-state index contributed by atoms with van der Waals surface area (Å²) in [4.78, 5) is 12.4. The molecule has 1 aromatic carbocycles. The average Bonchev–Trinajstić information content (AvgIpc) is 2.84. The van der Waals surface area contributed by atoms with Gasteiger partial charge in [-0.15, -0.1) is 0 Å². The van der Waals surface area contributed by atoms with Crippen molar-refractivity contribution < 1.29 is 22.7 Å². The van der Waals surface area contributed by atoms with Gasteiger partial charge in [0.1, 0.15) is 5.75 Å². The zero-order valence-corrected chi connectivity index (χ0v) is 16.0. The quantitative estimate of drug-likeness (QED) is 0.833. The van der Waals surface area contributed by atoms with Crippen molar-refractivity contribution in [2.45, 2.75) is 44.8 Å². The van der Waals surface area contributed by atoms with Gasteiger partial charge in [-0.3, -0.25) is 0 Å². The minimum atomic E-state index is -3.03. The van der Waals surface area contributed by atoms with Gasteiger partial charge in [0.05, 0.1) is 23.7 Å². The molecule has 0 radical (unpaired) electrons. The number of rotatable bonds is 4. The van der Waals surface area contributed by atoms with Gasteiger partial charge in [-0.25, -0.2) is 13.2 Å². The van der Waals surface area contributed by atoms with E-state index in [4.69, 9.17) is 9.47 Å². The third kappa shape index (κ3) is 4.48. The van der Waals surface area contributed by atoms with Crippen molar-refractivity contribution >= 4 is 21.6 Å². The van der Waals surface area contributed by atoms with Crippen LogP contribution in [0.5, 0.6) is 5.75 Å². The summed E-state index contributed by atoms with van der Waals surface area (Å²) in [5, 5.41) is 5.81. The topological polar surface area (TPSA) is 93.7 Å². The number of hydrogen-bond donors (Lipinski definition) is 2. The first-order valence-electron chi connectivity index (χ1n) is 8.96. The molecular weight excluding hydrogens is 356 g/mol. The van der Waals surface area contributed by atoms with Crippen LogP contribution in [0, 0.1) is 6.92 Å². The maximum absolute atomic E-state index is 12.4.